The van der Waals surface area contributed by atoms with Gasteiger partial charge < -0.3 is 4.74 Å². The van der Waals surface area contributed by atoms with Gasteiger partial charge in [-0.3, -0.25) is 9.40 Å². The molecule has 0 amide bonds. The second-order valence-electron chi connectivity index (χ2n) is 9.43. The van der Waals surface area contributed by atoms with Crippen molar-refractivity contribution in [3.63, 3.8) is 0 Å². The zero-order valence-electron chi connectivity index (χ0n) is 20.5. The molecule has 0 spiro atoms. The van der Waals surface area contributed by atoms with Crippen molar-refractivity contribution in [2.24, 2.45) is 7.05 Å². The number of fused-ring (bicyclic) bond motifs is 1. The highest BCUT2D eigenvalue weighted by molar-refractivity contribution is 7.92. The first-order valence-corrected chi connectivity index (χ1v) is 13.6. The van der Waals surface area contributed by atoms with Crippen molar-refractivity contribution in [1.82, 2.24) is 24.5 Å². The number of hydrogen-bond acceptors (Lipinski definition) is 6. The van der Waals surface area contributed by atoms with Crippen molar-refractivity contribution < 1.29 is 17.5 Å². The maximum absolute atomic E-state index is 15.6. The van der Waals surface area contributed by atoms with Crippen molar-refractivity contribution in [1.29, 1.82) is 0 Å². The molecule has 0 saturated heterocycles. The average molecular weight is 533 g/mol. The van der Waals surface area contributed by atoms with E-state index in [1.54, 1.807) is 42.2 Å². The third kappa shape index (κ3) is 4.54. The van der Waals surface area contributed by atoms with Gasteiger partial charge in [-0.05, 0) is 29.3 Å². The van der Waals surface area contributed by atoms with E-state index in [2.05, 4.69) is 19.9 Å². The Labute approximate surface area is 218 Å². The van der Waals surface area contributed by atoms with Gasteiger partial charge in [0.25, 0.3) is 10.0 Å². The Morgan fingerprint density at radius 2 is 1.89 bits per heavy atom. The molecule has 1 N–H and O–H groups in total. The zero-order chi connectivity index (χ0) is 26.3. The Hall–Kier alpha value is -4.09. The van der Waals surface area contributed by atoms with Crippen LogP contribution >= 0.6 is 0 Å². The highest BCUT2D eigenvalue weighted by Crippen LogP contribution is 2.47. The number of ether oxygens (including phenoxy) is 1. The fraction of sp³-hybridized carbons (Fsp3) is 0.222. The molecule has 1 aliphatic carbocycles. The highest BCUT2D eigenvalue weighted by Gasteiger charge is 2.47. The predicted octanol–water partition coefficient (Wildman–Crippen LogP) is 4.50. The quantitative estimate of drug-likeness (QED) is 0.316. The molecule has 194 valence electrons. The Balaban J connectivity index is 1.16. The number of nitrogens with zero attached hydrogens (tertiary/aromatic N) is 5. The van der Waals surface area contributed by atoms with E-state index in [1.165, 1.54) is 23.3 Å². The minimum atomic E-state index is -3.95. The first-order chi connectivity index (χ1) is 18.3. The smallest absolute Gasteiger partial charge is 0.265 e. The van der Waals surface area contributed by atoms with Gasteiger partial charge in [0, 0.05) is 31.5 Å². The van der Waals surface area contributed by atoms with Crippen LogP contribution in [0.3, 0.4) is 0 Å². The Bertz CT molecular complexity index is 1710. The minimum Gasteiger partial charge on any atom is -0.373 e. The van der Waals surface area contributed by atoms with Gasteiger partial charge in [-0.25, -0.2) is 22.5 Å². The normalized spacial score (nSPS) is 19.4. The van der Waals surface area contributed by atoms with Crippen LogP contribution in [0.4, 0.5) is 10.1 Å². The van der Waals surface area contributed by atoms with Crippen molar-refractivity contribution in [3.05, 3.63) is 96.6 Å². The first-order valence-electron chi connectivity index (χ1n) is 12.1. The molecule has 0 atom stereocenters. The Kier molecular flexibility index (Phi) is 5.96. The lowest BCUT2D eigenvalue weighted by Crippen LogP contribution is -2.42. The second-order valence-corrected chi connectivity index (χ2v) is 11.1. The molecule has 3 heterocycles. The summed E-state index contributed by atoms with van der Waals surface area (Å²) in [6.07, 6.45) is 6.07. The van der Waals surface area contributed by atoms with Crippen molar-refractivity contribution in [2.45, 2.75) is 36.1 Å². The number of sulfonamides is 1. The molecular weight excluding hydrogens is 507 g/mol. The molecule has 9 nitrogen and oxygen atoms in total. The molecule has 0 radical (unpaired) electrons. The molecule has 0 aliphatic heterocycles. The predicted molar refractivity (Wildman–Crippen MR) is 140 cm³/mol. The number of para-hydroxylation sites is 1. The van der Waals surface area contributed by atoms with E-state index < -0.39 is 15.7 Å². The molecule has 1 fully saturated rings. The van der Waals surface area contributed by atoms with Gasteiger partial charge in [0.1, 0.15) is 10.6 Å². The molecule has 0 bridgehead atoms. The number of alkyl halides is 1. The minimum absolute atomic E-state index is 0.0446. The number of aromatic nitrogens is 5. The molecular formula is C27H25FN6O3S. The summed E-state index contributed by atoms with van der Waals surface area (Å²) < 4.78 is 53.3. The van der Waals surface area contributed by atoms with E-state index in [-0.39, 0.29) is 23.8 Å². The van der Waals surface area contributed by atoms with Gasteiger partial charge in [-0.2, -0.15) is 10.2 Å². The first kappa shape index (κ1) is 24.3. The monoisotopic (exact) mass is 532 g/mol. The molecule has 1 saturated carbocycles. The topological polar surface area (TPSA) is 104 Å². The van der Waals surface area contributed by atoms with Crippen LogP contribution in [0.15, 0.2) is 90.3 Å². The van der Waals surface area contributed by atoms with Crippen LogP contribution in [0.1, 0.15) is 24.0 Å². The number of rotatable bonds is 8. The third-order valence-corrected chi connectivity index (χ3v) is 8.12. The average Bonchev–Trinajstić information content (AvgIpc) is 3.55. The number of hydrogen-bond donors (Lipinski definition) is 1. The van der Waals surface area contributed by atoms with E-state index in [0.29, 0.717) is 29.2 Å². The van der Waals surface area contributed by atoms with Crippen LogP contribution in [0, 0.1) is 0 Å². The van der Waals surface area contributed by atoms with E-state index >= 15 is 4.39 Å². The van der Waals surface area contributed by atoms with Crippen LogP contribution in [0.5, 0.6) is 0 Å². The van der Waals surface area contributed by atoms with E-state index in [1.807, 2.05) is 36.4 Å². The number of benzene rings is 2. The van der Waals surface area contributed by atoms with E-state index in [9.17, 15) is 8.42 Å². The van der Waals surface area contributed by atoms with Gasteiger partial charge in [0.2, 0.25) is 0 Å². The second kappa shape index (κ2) is 9.34. The van der Waals surface area contributed by atoms with Crippen LogP contribution in [-0.2, 0) is 34.1 Å². The summed E-state index contributed by atoms with van der Waals surface area (Å²) in [5.41, 5.74) is 1.04. The van der Waals surface area contributed by atoms with Crippen LogP contribution in [-0.4, -0.2) is 39.1 Å². The summed E-state index contributed by atoms with van der Waals surface area (Å²) in [5, 5.41) is 9.18. The Morgan fingerprint density at radius 1 is 1.08 bits per heavy atom. The molecule has 2 aromatic carbocycles. The maximum atomic E-state index is 15.6. The summed E-state index contributed by atoms with van der Waals surface area (Å²) in [7, 11) is -2.20. The number of anilines is 1. The Morgan fingerprint density at radius 3 is 2.71 bits per heavy atom. The summed E-state index contributed by atoms with van der Waals surface area (Å²) >= 11 is 0. The van der Waals surface area contributed by atoms with Crippen molar-refractivity contribution in [3.8, 4) is 5.82 Å². The summed E-state index contributed by atoms with van der Waals surface area (Å²) in [4.78, 5) is 4.23. The highest BCUT2D eigenvalue weighted by atomic mass is 32.2. The van der Waals surface area contributed by atoms with Crippen LogP contribution < -0.4 is 4.72 Å². The van der Waals surface area contributed by atoms with Crippen molar-refractivity contribution >= 4 is 26.6 Å². The van der Waals surface area contributed by atoms with E-state index in [0.717, 1.165) is 10.9 Å². The van der Waals surface area contributed by atoms with E-state index in [4.69, 9.17) is 4.74 Å². The fourth-order valence-corrected chi connectivity index (χ4v) is 5.71. The van der Waals surface area contributed by atoms with Crippen molar-refractivity contribution in [2.75, 3.05) is 4.72 Å². The number of aryl methyl sites for hydroxylation is 1. The largest absolute Gasteiger partial charge is 0.373 e. The molecule has 1 aliphatic rings. The molecule has 3 aromatic heterocycles. The molecule has 5 aromatic rings. The van der Waals surface area contributed by atoms with Gasteiger partial charge in [-0.1, -0.05) is 42.5 Å². The lowest BCUT2D eigenvalue weighted by Gasteiger charge is -2.41. The fourth-order valence-electron chi connectivity index (χ4n) is 4.72. The van der Waals surface area contributed by atoms with Crippen LogP contribution in [0.25, 0.3) is 16.7 Å². The molecule has 6 rings (SSSR count). The van der Waals surface area contributed by atoms with Gasteiger partial charge >= 0.3 is 0 Å². The van der Waals surface area contributed by atoms with Crippen LogP contribution in [0.2, 0.25) is 0 Å². The zero-order valence-corrected chi connectivity index (χ0v) is 21.3. The number of halogens is 1. The summed E-state index contributed by atoms with van der Waals surface area (Å²) in [6.45, 7) is 0.441. The number of nitrogens with one attached hydrogen (secondary N) is 1. The molecule has 38 heavy (non-hydrogen) atoms. The summed E-state index contributed by atoms with van der Waals surface area (Å²) in [5.74, 6) is 0.323. The van der Waals surface area contributed by atoms with Gasteiger partial charge in [-0.15, -0.1) is 0 Å². The summed E-state index contributed by atoms with van der Waals surface area (Å²) in [6, 6.07) is 18.3. The number of pyridine rings is 1. The lowest BCUT2D eigenvalue weighted by atomic mass is 9.74. The molecule has 0 unspecified atom stereocenters. The molecule has 11 heteroatoms. The lowest BCUT2D eigenvalue weighted by molar-refractivity contribution is -0.107. The maximum Gasteiger partial charge on any atom is 0.265 e. The van der Waals surface area contributed by atoms with Gasteiger partial charge in [0.05, 0.1) is 42.5 Å². The standard InChI is InChI=1S/C27H25FN6O3S/c1-33-26-20(15-30-33)8-5-9-24(26)32-38(35,36)23-16-31-34(17-23)25-12-21(10-11-29-25)27(28)13-22(14-27)37-18-19-6-3-2-4-7-19/h2-12,15-17,22,32H,13-14,18H2,1H3. The van der Waals surface area contributed by atoms with Gasteiger partial charge in [0.15, 0.2) is 5.82 Å². The third-order valence-electron chi connectivity index (χ3n) is 6.80. The SMILES string of the molecule is Cn1ncc2cccc(NS(=O)(=O)c3cnn(-c4cc(C5(F)CC(OCc6ccccc6)C5)ccn4)c3)c21.